The van der Waals surface area contributed by atoms with E-state index in [9.17, 15) is 9.59 Å². The molecule has 1 heterocycles. The lowest BCUT2D eigenvalue weighted by atomic mass is 9.69. The summed E-state index contributed by atoms with van der Waals surface area (Å²) in [6, 6.07) is 13.3. The number of ketones is 1. The number of benzene rings is 2. The van der Waals surface area contributed by atoms with E-state index in [0.29, 0.717) is 43.2 Å². The van der Waals surface area contributed by atoms with Crippen LogP contribution < -0.4 is 14.2 Å². The van der Waals surface area contributed by atoms with E-state index in [0.717, 1.165) is 11.1 Å². The largest absolute Gasteiger partial charge is 0.493 e. The van der Waals surface area contributed by atoms with E-state index in [1.54, 1.807) is 44.2 Å². The van der Waals surface area contributed by atoms with Crippen molar-refractivity contribution in [3.63, 3.8) is 0 Å². The molecule has 0 unspecified atom stereocenters. The van der Waals surface area contributed by atoms with Crippen molar-refractivity contribution in [3.8, 4) is 17.2 Å². The van der Waals surface area contributed by atoms with E-state index < -0.39 is 5.41 Å². The molecule has 1 amide bonds. The summed E-state index contributed by atoms with van der Waals surface area (Å²) in [5.41, 5.74) is 1.65. The van der Waals surface area contributed by atoms with Crippen LogP contribution in [0.15, 0.2) is 42.5 Å². The highest BCUT2D eigenvalue weighted by molar-refractivity contribution is 5.89. The summed E-state index contributed by atoms with van der Waals surface area (Å²) in [6.45, 7) is 4.60. The Balaban J connectivity index is 1.69. The zero-order valence-electron chi connectivity index (χ0n) is 18.1. The number of carbonyl (C=O) groups excluding carboxylic acids is 2. The third-order valence-electron chi connectivity index (χ3n) is 6.03. The number of rotatable bonds is 7. The van der Waals surface area contributed by atoms with Crippen LogP contribution in [-0.2, 0) is 15.0 Å². The Bertz CT molecular complexity index is 893. The maximum absolute atomic E-state index is 12.8. The number of piperidine rings is 1. The number of nitrogens with zero attached hydrogens (tertiary/aromatic N) is 1. The Morgan fingerprint density at radius 1 is 0.967 bits per heavy atom. The number of likely N-dealkylation sites (tertiary alicyclic amines) is 1. The summed E-state index contributed by atoms with van der Waals surface area (Å²) in [5.74, 6) is 1.46. The minimum atomic E-state index is -0.533. The molecule has 0 radical (unpaired) electrons. The minimum absolute atomic E-state index is 0.117. The molecule has 3 rings (SSSR count). The molecule has 1 saturated heterocycles. The van der Waals surface area contributed by atoms with E-state index in [1.165, 1.54) is 0 Å². The summed E-state index contributed by atoms with van der Waals surface area (Å²) in [5, 5.41) is 0. The SMILES string of the molecule is COc1cccc(OC)c1OCC(=O)N1CCC(C(C)=O)(c2ccccc2C)CC1. The van der Waals surface area contributed by atoms with Gasteiger partial charge in [-0.05, 0) is 49.9 Å². The predicted octanol–water partition coefficient (Wildman–Crippen LogP) is 3.54. The Morgan fingerprint density at radius 3 is 2.10 bits per heavy atom. The summed E-state index contributed by atoms with van der Waals surface area (Å²) in [6.07, 6.45) is 1.22. The molecule has 6 heteroatoms. The van der Waals surface area contributed by atoms with Crippen molar-refractivity contribution in [2.45, 2.75) is 32.1 Å². The maximum atomic E-state index is 12.8. The quantitative estimate of drug-likeness (QED) is 0.697. The molecule has 1 aliphatic rings. The van der Waals surface area contributed by atoms with E-state index in [2.05, 4.69) is 0 Å². The average Bonchev–Trinajstić information content (AvgIpc) is 2.77. The van der Waals surface area contributed by atoms with Crippen molar-refractivity contribution in [2.24, 2.45) is 0 Å². The molecule has 160 valence electrons. The number of hydrogen-bond donors (Lipinski definition) is 0. The second-order valence-corrected chi connectivity index (χ2v) is 7.61. The Labute approximate surface area is 177 Å². The van der Waals surface area contributed by atoms with Crippen molar-refractivity contribution in [2.75, 3.05) is 33.9 Å². The van der Waals surface area contributed by atoms with E-state index in [-0.39, 0.29) is 18.3 Å². The molecule has 0 saturated carbocycles. The lowest BCUT2D eigenvalue weighted by Gasteiger charge is -2.41. The summed E-state index contributed by atoms with van der Waals surface area (Å²) >= 11 is 0. The van der Waals surface area contributed by atoms with Gasteiger partial charge in [-0.3, -0.25) is 9.59 Å². The normalized spacial score (nSPS) is 15.4. The highest BCUT2D eigenvalue weighted by atomic mass is 16.5. The first-order chi connectivity index (χ1) is 14.4. The first kappa shape index (κ1) is 21.7. The smallest absolute Gasteiger partial charge is 0.260 e. The van der Waals surface area contributed by atoms with Crippen LogP contribution in [0.3, 0.4) is 0 Å². The molecule has 30 heavy (non-hydrogen) atoms. The molecule has 2 aromatic carbocycles. The van der Waals surface area contributed by atoms with Crippen LogP contribution in [-0.4, -0.2) is 50.5 Å². The number of methoxy groups -OCH3 is 2. The van der Waals surface area contributed by atoms with Crippen molar-refractivity contribution in [1.82, 2.24) is 4.90 Å². The van der Waals surface area contributed by atoms with Gasteiger partial charge in [-0.25, -0.2) is 0 Å². The van der Waals surface area contributed by atoms with Crippen molar-refractivity contribution in [1.29, 1.82) is 0 Å². The third kappa shape index (κ3) is 4.13. The second kappa shape index (κ2) is 9.20. The molecule has 1 aliphatic heterocycles. The number of para-hydroxylation sites is 1. The molecule has 0 atom stereocenters. The van der Waals surface area contributed by atoms with Gasteiger partial charge in [-0.1, -0.05) is 30.3 Å². The first-order valence-corrected chi connectivity index (χ1v) is 10.1. The van der Waals surface area contributed by atoms with Crippen LogP contribution >= 0.6 is 0 Å². The highest BCUT2D eigenvalue weighted by Gasteiger charge is 2.42. The third-order valence-corrected chi connectivity index (χ3v) is 6.03. The molecule has 0 bridgehead atoms. The molecular formula is C24H29NO5. The topological polar surface area (TPSA) is 65.1 Å². The summed E-state index contributed by atoms with van der Waals surface area (Å²) in [4.78, 5) is 27.2. The minimum Gasteiger partial charge on any atom is -0.493 e. The fourth-order valence-electron chi connectivity index (χ4n) is 4.24. The van der Waals surface area contributed by atoms with Gasteiger partial charge in [-0.15, -0.1) is 0 Å². The van der Waals surface area contributed by atoms with Crippen LogP contribution in [0.1, 0.15) is 30.9 Å². The lowest BCUT2D eigenvalue weighted by Crippen LogP contribution is -2.49. The van der Waals surface area contributed by atoms with Crippen molar-refractivity contribution < 1.29 is 23.8 Å². The Morgan fingerprint density at radius 2 is 1.57 bits per heavy atom. The Hall–Kier alpha value is -3.02. The standard InChI is InChI=1S/C24H29NO5/c1-17-8-5-6-9-19(17)24(18(2)26)12-14-25(15-13-24)22(27)16-30-23-20(28-3)10-7-11-21(23)29-4/h5-11H,12-16H2,1-4H3. The fraction of sp³-hybridized carbons (Fsp3) is 0.417. The molecule has 0 N–H and O–H groups in total. The maximum Gasteiger partial charge on any atom is 0.260 e. The van der Waals surface area contributed by atoms with Gasteiger partial charge >= 0.3 is 0 Å². The second-order valence-electron chi connectivity index (χ2n) is 7.61. The summed E-state index contributed by atoms with van der Waals surface area (Å²) < 4.78 is 16.4. The number of carbonyl (C=O) groups is 2. The van der Waals surface area contributed by atoms with Crippen LogP contribution in [0.4, 0.5) is 0 Å². The van der Waals surface area contributed by atoms with Crippen LogP contribution in [0.2, 0.25) is 0 Å². The molecule has 0 aliphatic carbocycles. The molecule has 0 aromatic heterocycles. The predicted molar refractivity (Wildman–Crippen MR) is 114 cm³/mol. The lowest BCUT2D eigenvalue weighted by molar-refractivity contribution is -0.137. The van der Waals surface area contributed by atoms with Gasteiger partial charge in [0.1, 0.15) is 5.78 Å². The number of aryl methyl sites for hydroxylation is 1. The number of Topliss-reactive ketones (excluding diaryl/α,β-unsaturated/α-hetero) is 1. The van der Waals surface area contributed by atoms with Gasteiger partial charge in [0.15, 0.2) is 18.1 Å². The molecular weight excluding hydrogens is 382 g/mol. The molecule has 0 spiro atoms. The van der Waals surface area contributed by atoms with Gasteiger partial charge in [0.25, 0.3) is 5.91 Å². The highest BCUT2D eigenvalue weighted by Crippen LogP contribution is 2.39. The van der Waals surface area contributed by atoms with Gasteiger partial charge < -0.3 is 19.1 Å². The first-order valence-electron chi connectivity index (χ1n) is 10.1. The van der Waals surface area contributed by atoms with Crippen LogP contribution in [0.25, 0.3) is 0 Å². The van der Waals surface area contributed by atoms with Gasteiger partial charge in [0.05, 0.1) is 19.6 Å². The van der Waals surface area contributed by atoms with Crippen LogP contribution in [0, 0.1) is 6.92 Å². The Kier molecular flexibility index (Phi) is 6.65. The van der Waals surface area contributed by atoms with Crippen molar-refractivity contribution >= 4 is 11.7 Å². The summed E-state index contributed by atoms with van der Waals surface area (Å²) in [7, 11) is 3.09. The number of amides is 1. The molecule has 2 aromatic rings. The van der Waals surface area contributed by atoms with E-state index in [1.807, 2.05) is 31.2 Å². The van der Waals surface area contributed by atoms with Crippen molar-refractivity contribution in [3.05, 3.63) is 53.6 Å². The van der Waals surface area contributed by atoms with Gasteiger partial charge in [0.2, 0.25) is 5.75 Å². The van der Waals surface area contributed by atoms with E-state index in [4.69, 9.17) is 14.2 Å². The van der Waals surface area contributed by atoms with Gasteiger partial charge in [-0.2, -0.15) is 0 Å². The molecule has 1 fully saturated rings. The van der Waals surface area contributed by atoms with Gasteiger partial charge in [0, 0.05) is 13.1 Å². The zero-order chi connectivity index (χ0) is 21.7. The number of ether oxygens (including phenoxy) is 3. The van der Waals surface area contributed by atoms with E-state index >= 15 is 0 Å². The number of hydrogen-bond acceptors (Lipinski definition) is 5. The molecule has 6 nitrogen and oxygen atoms in total. The van der Waals surface area contributed by atoms with Crippen LogP contribution in [0.5, 0.6) is 17.2 Å². The average molecular weight is 411 g/mol. The monoisotopic (exact) mass is 411 g/mol. The fourth-order valence-corrected chi connectivity index (χ4v) is 4.24. The zero-order valence-corrected chi connectivity index (χ0v) is 18.1.